The van der Waals surface area contributed by atoms with Crippen LogP contribution in [0.25, 0.3) is 0 Å². The summed E-state index contributed by atoms with van der Waals surface area (Å²) < 4.78 is 0. The van der Waals surface area contributed by atoms with Crippen LogP contribution in [0.4, 0.5) is 0 Å². The van der Waals surface area contributed by atoms with Gasteiger partial charge in [-0.05, 0) is 25.6 Å². The Morgan fingerprint density at radius 1 is 1.50 bits per heavy atom. The number of hydrogen-bond donors (Lipinski definition) is 1. The number of nitrogens with zero attached hydrogens (tertiary/aromatic N) is 1. The van der Waals surface area contributed by atoms with Crippen molar-refractivity contribution in [1.29, 1.82) is 0 Å². The molecule has 0 saturated heterocycles. The van der Waals surface area contributed by atoms with Gasteiger partial charge in [-0.25, -0.2) is 0 Å². The van der Waals surface area contributed by atoms with E-state index in [2.05, 4.69) is 25.3 Å². The van der Waals surface area contributed by atoms with Crippen LogP contribution in [-0.4, -0.2) is 18.0 Å². The predicted octanol–water partition coefficient (Wildman–Crippen LogP) is 2.09. The summed E-state index contributed by atoms with van der Waals surface area (Å²) in [4.78, 5) is 2.23. The molecule has 0 aliphatic heterocycles. The zero-order valence-corrected chi connectivity index (χ0v) is 8.21. The Hall–Kier alpha value is -0.920. The molecule has 0 radical (unpaired) electrons. The van der Waals surface area contributed by atoms with Gasteiger partial charge in [0.25, 0.3) is 0 Å². The summed E-state index contributed by atoms with van der Waals surface area (Å²) >= 11 is 0. The molecule has 0 atom stereocenters. The average Bonchev–Trinajstić information content (AvgIpc) is 2.06. The van der Waals surface area contributed by atoms with Gasteiger partial charge < -0.3 is 10.6 Å². The fraction of sp³-hybridized carbons (Fsp3) is 0.600. The van der Waals surface area contributed by atoms with Crippen LogP contribution >= 0.6 is 0 Å². The average molecular weight is 168 g/mol. The van der Waals surface area contributed by atoms with Crippen LogP contribution in [0.15, 0.2) is 24.6 Å². The van der Waals surface area contributed by atoms with Gasteiger partial charge in [-0.1, -0.05) is 19.9 Å². The second-order valence-electron chi connectivity index (χ2n) is 2.78. The monoisotopic (exact) mass is 168 g/mol. The zero-order valence-electron chi connectivity index (χ0n) is 8.21. The smallest absolute Gasteiger partial charge is 0.0307 e. The van der Waals surface area contributed by atoms with Crippen molar-refractivity contribution in [1.82, 2.24) is 4.90 Å². The van der Waals surface area contributed by atoms with Gasteiger partial charge in [-0.2, -0.15) is 0 Å². The number of nitrogens with two attached hydrogens (primary N) is 1. The molecule has 2 nitrogen and oxygen atoms in total. The minimum Gasteiger partial charge on any atom is -0.405 e. The fourth-order valence-electron chi connectivity index (χ4n) is 1.07. The lowest BCUT2D eigenvalue weighted by atomic mass is 10.3. The van der Waals surface area contributed by atoms with Crippen LogP contribution in [-0.2, 0) is 0 Å². The molecule has 0 aliphatic carbocycles. The summed E-state index contributed by atoms with van der Waals surface area (Å²) in [7, 11) is 0. The molecule has 0 aromatic carbocycles. The molecule has 0 fully saturated rings. The lowest BCUT2D eigenvalue weighted by Gasteiger charge is -2.22. The third-order valence-corrected chi connectivity index (χ3v) is 1.86. The Morgan fingerprint density at radius 2 is 2.17 bits per heavy atom. The highest BCUT2D eigenvalue weighted by atomic mass is 15.1. The molecule has 0 bridgehead atoms. The van der Waals surface area contributed by atoms with Crippen molar-refractivity contribution >= 4 is 0 Å². The van der Waals surface area contributed by atoms with E-state index < -0.39 is 0 Å². The van der Waals surface area contributed by atoms with Gasteiger partial charge in [0.2, 0.25) is 0 Å². The SMILES string of the molecule is C=C(/C=C/N)N(CC)CCCC. The molecule has 0 aromatic rings. The molecular formula is C10H20N2. The third kappa shape index (κ3) is 4.06. The Kier molecular flexibility index (Phi) is 6.25. The van der Waals surface area contributed by atoms with Crippen molar-refractivity contribution in [3.05, 3.63) is 24.6 Å². The summed E-state index contributed by atoms with van der Waals surface area (Å²) in [6, 6.07) is 0. The summed E-state index contributed by atoms with van der Waals surface area (Å²) in [6.45, 7) is 10.3. The van der Waals surface area contributed by atoms with Gasteiger partial charge in [-0.3, -0.25) is 0 Å². The maximum absolute atomic E-state index is 5.28. The van der Waals surface area contributed by atoms with Crippen LogP contribution in [0.3, 0.4) is 0 Å². The molecule has 70 valence electrons. The molecule has 0 saturated carbocycles. The largest absolute Gasteiger partial charge is 0.405 e. The first-order chi connectivity index (χ1) is 5.76. The molecule has 0 unspecified atom stereocenters. The van der Waals surface area contributed by atoms with Crippen molar-refractivity contribution in [3.8, 4) is 0 Å². The molecule has 0 spiro atoms. The minimum atomic E-state index is 1.00. The Labute approximate surface area is 75.7 Å². The molecule has 0 amide bonds. The van der Waals surface area contributed by atoms with Crippen molar-refractivity contribution in [3.63, 3.8) is 0 Å². The quantitative estimate of drug-likeness (QED) is 0.615. The highest BCUT2D eigenvalue weighted by Crippen LogP contribution is 2.04. The van der Waals surface area contributed by atoms with Crippen LogP contribution in [0.1, 0.15) is 26.7 Å². The van der Waals surface area contributed by atoms with Crippen LogP contribution in [0.2, 0.25) is 0 Å². The predicted molar refractivity (Wildman–Crippen MR) is 54.6 cm³/mol. The first-order valence-electron chi connectivity index (χ1n) is 4.58. The van der Waals surface area contributed by atoms with Crippen molar-refractivity contribution in [2.24, 2.45) is 5.73 Å². The Morgan fingerprint density at radius 3 is 2.58 bits per heavy atom. The number of hydrogen-bond acceptors (Lipinski definition) is 2. The van der Waals surface area contributed by atoms with Crippen LogP contribution < -0.4 is 5.73 Å². The second-order valence-corrected chi connectivity index (χ2v) is 2.78. The highest BCUT2D eigenvalue weighted by Gasteiger charge is 2.00. The summed E-state index contributed by atoms with van der Waals surface area (Å²) in [5.41, 5.74) is 6.29. The first kappa shape index (κ1) is 11.1. The van der Waals surface area contributed by atoms with Gasteiger partial charge in [-0.15, -0.1) is 0 Å². The van der Waals surface area contributed by atoms with E-state index in [1.54, 1.807) is 0 Å². The van der Waals surface area contributed by atoms with Crippen molar-refractivity contribution < 1.29 is 0 Å². The molecule has 0 rings (SSSR count). The zero-order chi connectivity index (χ0) is 9.40. The maximum Gasteiger partial charge on any atom is 0.0307 e. The molecule has 12 heavy (non-hydrogen) atoms. The number of unbranched alkanes of at least 4 members (excludes halogenated alkanes) is 1. The van der Waals surface area contributed by atoms with E-state index in [1.807, 2.05) is 6.08 Å². The highest BCUT2D eigenvalue weighted by molar-refractivity contribution is 5.11. The Bertz CT molecular complexity index is 150. The fourth-order valence-corrected chi connectivity index (χ4v) is 1.07. The van der Waals surface area contributed by atoms with E-state index in [1.165, 1.54) is 19.0 Å². The lowest BCUT2D eigenvalue weighted by molar-refractivity contribution is 0.366. The van der Waals surface area contributed by atoms with Crippen molar-refractivity contribution in [2.45, 2.75) is 26.7 Å². The summed E-state index contributed by atoms with van der Waals surface area (Å²) in [5, 5.41) is 0. The van der Waals surface area contributed by atoms with E-state index in [-0.39, 0.29) is 0 Å². The molecule has 0 aromatic heterocycles. The Balaban J connectivity index is 3.87. The third-order valence-electron chi connectivity index (χ3n) is 1.86. The van der Waals surface area contributed by atoms with Gasteiger partial charge in [0.15, 0.2) is 0 Å². The van der Waals surface area contributed by atoms with Crippen LogP contribution in [0.5, 0.6) is 0 Å². The van der Waals surface area contributed by atoms with E-state index in [4.69, 9.17) is 5.73 Å². The topological polar surface area (TPSA) is 29.3 Å². The molecule has 2 N–H and O–H groups in total. The summed E-state index contributed by atoms with van der Waals surface area (Å²) in [5.74, 6) is 0. The van der Waals surface area contributed by atoms with Crippen molar-refractivity contribution in [2.75, 3.05) is 13.1 Å². The molecule has 0 aliphatic rings. The normalized spacial score (nSPS) is 10.5. The number of allylic oxidation sites excluding steroid dienone is 1. The van der Waals surface area contributed by atoms with Gasteiger partial charge in [0.05, 0.1) is 0 Å². The van der Waals surface area contributed by atoms with Crippen LogP contribution in [0, 0.1) is 0 Å². The van der Waals surface area contributed by atoms with E-state index in [9.17, 15) is 0 Å². The number of rotatable bonds is 6. The minimum absolute atomic E-state index is 1.00. The van der Waals surface area contributed by atoms with Gasteiger partial charge in [0, 0.05) is 18.8 Å². The number of likely N-dealkylation sites (N-methyl/N-ethyl adjacent to an activating group) is 1. The van der Waals surface area contributed by atoms with E-state index >= 15 is 0 Å². The second kappa shape index (κ2) is 6.77. The first-order valence-corrected chi connectivity index (χ1v) is 4.58. The van der Waals surface area contributed by atoms with E-state index in [0.717, 1.165) is 18.8 Å². The summed E-state index contributed by atoms with van der Waals surface area (Å²) in [6.07, 6.45) is 5.82. The molecular weight excluding hydrogens is 148 g/mol. The standard InChI is InChI=1S/C10H20N2/c1-4-6-9-12(5-2)10(3)7-8-11/h7-8H,3-6,9,11H2,1-2H3/b8-7+. The molecule has 2 heteroatoms. The van der Waals surface area contributed by atoms with Gasteiger partial charge in [0.1, 0.15) is 0 Å². The van der Waals surface area contributed by atoms with Gasteiger partial charge >= 0.3 is 0 Å². The maximum atomic E-state index is 5.28. The lowest BCUT2D eigenvalue weighted by Crippen LogP contribution is -2.22. The molecule has 0 heterocycles. The van der Waals surface area contributed by atoms with E-state index in [0.29, 0.717) is 0 Å².